The van der Waals surface area contributed by atoms with E-state index in [0.717, 1.165) is 29.5 Å². The maximum absolute atomic E-state index is 13.2. The number of ether oxygens (including phenoxy) is 1. The number of rotatable bonds is 4. The van der Waals surface area contributed by atoms with E-state index in [2.05, 4.69) is 0 Å². The Morgan fingerprint density at radius 1 is 0.912 bits per heavy atom. The van der Waals surface area contributed by atoms with Crippen molar-refractivity contribution in [3.63, 3.8) is 0 Å². The molecule has 0 spiro atoms. The van der Waals surface area contributed by atoms with Crippen molar-refractivity contribution >= 4 is 40.2 Å². The van der Waals surface area contributed by atoms with Crippen LogP contribution in [0.5, 0.6) is 0 Å². The van der Waals surface area contributed by atoms with Crippen molar-refractivity contribution in [1.29, 1.82) is 0 Å². The molecular weight excluding hydrogens is 432 g/mol. The van der Waals surface area contributed by atoms with Gasteiger partial charge in [0.05, 0.1) is 11.3 Å². The molecule has 0 saturated carbocycles. The summed E-state index contributed by atoms with van der Waals surface area (Å²) in [5, 5.41) is 1.49. The van der Waals surface area contributed by atoms with Gasteiger partial charge in [0.15, 0.2) is 6.61 Å². The number of nitrogens with zero attached hydrogens (tertiary/aromatic N) is 2. The van der Waals surface area contributed by atoms with Crippen LogP contribution in [0.2, 0.25) is 0 Å². The largest absolute Gasteiger partial charge is 0.452 e. The molecule has 0 bridgehead atoms. The third kappa shape index (κ3) is 3.73. The average Bonchev–Trinajstić information content (AvgIpc) is 2.86. The summed E-state index contributed by atoms with van der Waals surface area (Å²) in [4.78, 5) is 54.1. The van der Waals surface area contributed by atoms with E-state index in [0.29, 0.717) is 28.7 Å². The van der Waals surface area contributed by atoms with Crippen LogP contribution in [0, 0.1) is 0 Å². The van der Waals surface area contributed by atoms with Crippen LogP contribution in [0.15, 0.2) is 60.7 Å². The molecular formula is C27H24N2O5. The number of likely N-dealkylation sites (tertiary alicyclic amines) is 1. The van der Waals surface area contributed by atoms with Crippen LogP contribution in [-0.2, 0) is 9.53 Å². The van der Waals surface area contributed by atoms with E-state index in [1.807, 2.05) is 19.1 Å². The molecule has 3 aromatic carbocycles. The van der Waals surface area contributed by atoms with Gasteiger partial charge >= 0.3 is 5.97 Å². The van der Waals surface area contributed by atoms with Crippen molar-refractivity contribution in [2.45, 2.75) is 32.2 Å². The van der Waals surface area contributed by atoms with Gasteiger partial charge in [-0.05, 0) is 68.0 Å². The Labute approximate surface area is 196 Å². The van der Waals surface area contributed by atoms with Crippen LogP contribution in [-0.4, -0.2) is 47.8 Å². The van der Waals surface area contributed by atoms with Gasteiger partial charge in [-0.3, -0.25) is 14.4 Å². The minimum Gasteiger partial charge on any atom is -0.452 e. The predicted octanol–water partition coefficient (Wildman–Crippen LogP) is 4.20. The van der Waals surface area contributed by atoms with E-state index >= 15 is 0 Å². The van der Waals surface area contributed by atoms with Crippen molar-refractivity contribution in [2.24, 2.45) is 0 Å². The van der Waals surface area contributed by atoms with Gasteiger partial charge in [-0.2, -0.15) is 0 Å². The summed E-state index contributed by atoms with van der Waals surface area (Å²) in [6.45, 7) is 2.37. The first-order chi connectivity index (χ1) is 16.5. The third-order valence-electron chi connectivity index (χ3n) is 6.58. The first-order valence-electron chi connectivity index (χ1n) is 11.4. The SMILES string of the molecule is CC1CCCCN1C(=O)COC(=O)c1ccc(N2C(=O)c3cccc4cccc(c34)C2=O)cc1. The van der Waals surface area contributed by atoms with Crippen LogP contribution in [0.3, 0.4) is 0 Å². The average molecular weight is 456 g/mol. The molecule has 1 saturated heterocycles. The van der Waals surface area contributed by atoms with E-state index in [1.54, 1.807) is 29.2 Å². The van der Waals surface area contributed by atoms with Gasteiger partial charge in [0.25, 0.3) is 17.7 Å². The Bertz CT molecular complexity index is 1260. The summed E-state index contributed by atoms with van der Waals surface area (Å²) in [5.41, 5.74) is 1.52. The van der Waals surface area contributed by atoms with Crippen LogP contribution in [0.4, 0.5) is 5.69 Å². The fourth-order valence-electron chi connectivity index (χ4n) is 4.77. The monoisotopic (exact) mass is 456 g/mol. The molecule has 2 heterocycles. The zero-order chi connectivity index (χ0) is 23.8. The topological polar surface area (TPSA) is 84.0 Å². The molecule has 2 aliphatic rings. The third-order valence-corrected chi connectivity index (χ3v) is 6.58. The number of anilines is 1. The highest BCUT2D eigenvalue weighted by atomic mass is 16.5. The quantitative estimate of drug-likeness (QED) is 0.434. The number of esters is 1. The molecule has 7 heteroatoms. The molecule has 1 fully saturated rings. The Hall–Kier alpha value is -4.00. The van der Waals surface area contributed by atoms with Crippen LogP contribution >= 0.6 is 0 Å². The number of amides is 3. The number of piperidine rings is 1. The van der Waals surface area contributed by atoms with Crippen LogP contribution in [0.25, 0.3) is 10.8 Å². The lowest BCUT2D eigenvalue weighted by atomic mass is 9.94. The number of carbonyl (C=O) groups is 4. The molecule has 1 atom stereocenters. The molecule has 7 nitrogen and oxygen atoms in total. The minimum atomic E-state index is -0.629. The molecule has 172 valence electrons. The molecule has 3 amide bonds. The lowest BCUT2D eigenvalue weighted by Crippen LogP contribution is -2.44. The zero-order valence-electron chi connectivity index (χ0n) is 18.8. The molecule has 5 rings (SSSR count). The first kappa shape index (κ1) is 21.8. The molecule has 0 aromatic heterocycles. The molecule has 2 aliphatic heterocycles. The highest BCUT2D eigenvalue weighted by molar-refractivity contribution is 6.35. The van der Waals surface area contributed by atoms with E-state index in [-0.39, 0.29) is 24.1 Å². The Morgan fingerprint density at radius 2 is 1.56 bits per heavy atom. The van der Waals surface area contributed by atoms with Crippen molar-refractivity contribution in [3.8, 4) is 0 Å². The molecule has 1 unspecified atom stereocenters. The number of imide groups is 1. The minimum absolute atomic E-state index is 0.148. The highest BCUT2D eigenvalue weighted by Gasteiger charge is 2.34. The van der Waals surface area contributed by atoms with Crippen molar-refractivity contribution in [2.75, 3.05) is 18.1 Å². The predicted molar refractivity (Wildman–Crippen MR) is 127 cm³/mol. The lowest BCUT2D eigenvalue weighted by molar-refractivity contribution is -0.137. The summed E-state index contributed by atoms with van der Waals surface area (Å²) in [6, 6.07) is 16.9. The second-order valence-corrected chi connectivity index (χ2v) is 8.71. The number of benzene rings is 3. The second kappa shape index (κ2) is 8.74. The first-order valence-corrected chi connectivity index (χ1v) is 11.4. The number of carbonyl (C=O) groups excluding carboxylic acids is 4. The Morgan fingerprint density at radius 3 is 2.18 bits per heavy atom. The summed E-state index contributed by atoms with van der Waals surface area (Å²) >= 11 is 0. The van der Waals surface area contributed by atoms with E-state index < -0.39 is 17.8 Å². The van der Waals surface area contributed by atoms with Gasteiger partial charge in [0, 0.05) is 29.1 Å². The van der Waals surface area contributed by atoms with Crippen LogP contribution in [0.1, 0.15) is 57.3 Å². The highest BCUT2D eigenvalue weighted by Crippen LogP contribution is 2.32. The number of hydrogen-bond acceptors (Lipinski definition) is 5. The van der Waals surface area contributed by atoms with E-state index in [9.17, 15) is 19.2 Å². The zero-order valence-corrected chi connectivity index (χ0v) is 18.8. The fraction of sp³-hybridized carbons (Fsp3) is 0.259. The van der Waals surface area contributed by atoms with E-state index in [1.165, 1.54) is 24.3 Å². The maximum Gasteiger partial charge on any atom is 0.338 e. The van der Waals surface area contributed by atoms with Gasteiger partial charge in [0.1, 0.15) is 0 Å². The summed E-state index contributed by atoms with van der Waals surface area (Å²) < 4.78 is 5.23. The smallest absolute Gasteiger partial charge is 0.338 e. The molecule has 34 heavy (non-hydrogen) atoms. The van der Waals surface area contributed by atoms with Gasteiger partial charge in [-0.25, -0.2) is 9.69 Å². The van der Waals surface area contributed by atoms with Gasteiger partial charge in [-0.15, -0.1) is 0 Å². The summed E-state index contributed by atoms with van der Waals surface area (Å²) in [6.07, 6.45) is 3.01. The molecule has 3 aromatic rings. The molecule has 0 aliphatic carbocycles. The standard InChI is InChI=1S/C27H24N2O5/c1-17-6-2-3-15-28(17)23(30)16-34-27(33)19-11-13-20(14-12-19)29-25(31)21-9-4-7-18-8-5-10-22(24(18)21)26(29)32/h4-5,7-14,17H,2-3,6,15-16H2,1H3. The van der Waals surface area contributed by atoms with Crippen LogP contribution < -0.4 is 4.90 Å². The van der Waals surface area contributed by atoms with Crippen molar-refractivity contribution < 1.29 is 23.9 Å². The molecule has 0 N–H and O–H groups in total. The van der Waals surface area contributed by atoms with Gasteiger partial charge in [0.2, 0.25) is 0 Å². The number of hydrogen-bond donors (Lipinski definition) is 0. The Kier molecular flexibility index (Phi) is 5.61. The second-order valence-electron chi connectivity index (χ2n) is 8.71. The maximum atomic E-state index is 13.2. The fourth-order valence-corrected chi connectivity index (χ4v) is 4.77. The van der Waals surface area contributed by atoms with Gasteiger partial charge in [-0.1, -0.05) is 24.3 Å². The van der Waals surface area contributed by atoms with E-state index in [4.69, 9.17) is 4.74 Å². The summed E-state index contributed by atoms with van der Waals surface area (Å²) in [5.74, 6) is -1.65. The van der Waals surface area contributed by atoms with Gasteiger partial charge < -0.3 is 9.64 Å². The van der Waals surface area contributed by atoms with Crippen molar-refractivity contribution in [3.05, 3.63) is 77.4 Å². The Balaban J connectivity index is 1.31. The lowest BCUT2D eigenvalue weighted by Gasteiger charge is -2.33. The molecule has 0 radical (unpaired) electrons. The normalized spacial score (nSPS) is 17.7. The summed E-state index contributed by atoms with van der Waals surface area (Å²) in [7, 11) is 0. The van der Waals surface area contributed by atoms with Crippen molar-refractivity contribution in [1.82, 2.24) is 4.90 Å².